The van der Waals surface area contributed by atoms with Crippen molar-refractivity contribution >= 4 is 15.7 Å². The molecule has 1 heterocycles. The number of nitrogens with one attached hydrogen (secondary N) is 1. The first-order chi connectivity index (χ1) is 10.4. The smallest absolute Gasteiger partial charge is 0.270 e. The van der Waals surface area contributed by atoms with Gasteiger partial charge in [0, 0.05) is 12.2 Å². The lowest BCUT2D eigenvalue weighted by atomic mass is 10.2. The van der Waals surface area contributed by atoms with Gasteiger partial charge in [-0.25, -0.2) is 8.42 Å². The average Bonchev–Trinajstić information content (AvgIpc) is 2.48. The van der Waals surface area contributed by atoms with E-state index in [-0.39, 0.29) is 22.2 Å². The monoisotopic (exact) mass is 318 g/mol. The van der Waals surface area contributed by atoms with Gasteiger partial charge in [-0.05, 0) is 38.1 Å². The number of pyridine rings is 1. The van der Waals surface area contributed by atoms with Gasteiger partial charge in [-0.1, -0.05) is 23.8 Å². The van der Waals surface area contributed by atoms with E-state index in [1.54, 1.807) is 49.4 Å². The predicted octanol–water partition coefficient (Wildman–Crippen LogP) is 1.98. The second-order valence-corrected chi connectivity index (χ2v) is 7.22. The highest BCUT2D eigenvalue weighted by Gasteiger charge is 2.20. The summed E-state index contributed by atoms with van der Waals surface area (Å²) in [6.45, 7) is 3.55. The van der Waals surface area contributed by atoms with Crippen LogP contribution in [0.5, 0.6) is 0 Å². The summed E-state index contributed by atoms with van der Waals surface area (Å²) >= 11 is 0. The number of hydrogen-bond donors (Lipinski definition) is 1. The highest BCUT2D eigenvalue weighted by atomic mass is 32.2. The molecule has 0 radical (unpaired) electrons. The Kier molecular flexibility index (Phi) is 4.92. The molecule has 0 fully saturated rings. The minimum atomic E-state index is -3.44. The largest absolute Gasteiger partial charge is 0.347 e. The van der Waals surface area contributed by atoms with Crippen molar-refractivity contribution in [3.63, 3.8) is 0 Å². The van der Waals surface area contributed by atoms with Gasteiger partial charge >= 0.3 is 0 Å². The third-order valence-corrected chi connectivity index (χ3v) is 5.05. The molecule has 116 valence electrons. The number of carbonyl (C=O) groups excluding carboxylic acids is 1. The molecular formula is C16H18N2O3S. The molecule has 0 saturated carbocycles. The first-order valence-electron chi connectivity index (χ1n) is 6.90. The van der Waals surface area contributed by atoms with Crippen LogP contribution in [0.4, 0.5) is 0 Å². The Hall–Kier alpha value is -2.21. The molecule has 1 N–H and O–H groups in total. The van der Waals surface area contributed by atoms with Crippen LogP contribution in [0, 0.1) is 6.92 Å². The van der Waals surface area contributed by atoms with Gasteiger partial charge in [-0.15, -0.1) is 0 Å². The Morgan fingerprint density at radius 1 is 1.18 bits per heavy atom. The Balaban J connectivity index is 2.03. The van der Waals surface area contributed by atoms with Gasteiger partial charge in [0.15, 0.2) is 9.84 Å². The zero-order valence-corrected chi connectivity index (χ0v) is 13.3. The second-order valence-electron chi connectivity index (χ2n) is 5.18. The van der Waals surface area contributed by atoms with Crippen LogP contribution in [0.25, 0.3) is 0 Å². The summed E-state index contributed by atoms with van der Waals surface area (Å²) in [5.74, 6) is -0.540. The Morgan fingerprint density at radius 2 is 1.86 bits per heavy atom. The first kappa shape index (κ1) is 16.2. The zero-order chi connectivity index (χ0) is 16.2. The lowest BCUT2D eigenvalue weighted by Crippen LogP contribution is -2.37. The summed E-state index contributed by atoms with van der Waals surface area (Å²) < 4.78 is 24.6. The molecule has 0 aliphatic carbocycles. The number of aryl methyl sites for hydroxylation is 1. The molecule has 2 aromatic rings. The van der Waals surface area contributed by atoms with Gasteiger partial charge in [-0.3, -0.25) is 9.78 Å². The number of sulfone groups is 1. The van der Waals surface area contributed by atoms with Crippen LogP contribution < -0.4 is 5.32 Å². The van der Waals surface area contributed by atoms with E-state index >= 15 is 0 Å². The van der Waals surface area contributed by atoms with Crippen molar-refractivity contribution in [2.45, 2.75) is 24.8 Å². The van der Waals surface area contributed by atoms with Crippen LogP contribution in [-0.2, 0) is 9.84 Å². The van der Waals surface area contributed by atoms with Crippen molar-refractivity contribution < 1.29 is 13.2 Å². The molecule has 0 aliphatic heterocycles. The highest BCUT2D eigenvalue weighted by molar-refractivity contribution is 7.91. The van der Waals surface area contributed by atoms with Crippen LogP contribution in [0.2, 0.25) is 0 Å². The molecule has 1 amide bonds. The van der Waals surface area contributed by atoms with Gasteiger partial charge in [-0.2, -0.15) is 0 Å². The van der Waals surface area contributed by atoms with E-state index < -0.39 is 15.9 Å². The normalized spacial score (nSPS) is 12.6. The Morgan fingerprint density at radius 3 is 2.45 bits per heavy atom. The molecule has 0 spiro atoms. The van der Waals surface area contributed by atoms with Crippen molar-refractivity contribution in [3.8, 4) is 0 Å². The standard InChI is InChI=1S/C16H18N2O3S/c1-12-6-8-14(9-7-12)22(20,21)11-13(2)18-16(19)15-5-3-4-10-17-15/h3-10,13H,11H2,1-2H3,(H,18,19)/t13-/m1/s1. The van der Waals surface area contributed by atoms with Crippen molar-refractivity contribution in [1.29, 1.82) is 0 Å². The molecule has 0 unspecified atom stereocenters. The van der Waals surface area contributed by atoms with E-state index in [1.807, 2.05) is 6.92 Å². The third kappa shape index (κ3) is 4.14. The van der Waals surface area contributed by atoms with Crippen LogP contribution in [0.1, 0.15) is 23.0 Å². The number of hydrogen-bond acceptors (Lipinski definition) is 4. The van der Waals surface area contributed by atoms with Gasteiger partial charge < -0.3 is 5.32 Å². The number of benzene rings is 1. The van der Waals surface area contributed by atoms with Gasteiger partial charge in [0.05, 0.1) is 10.6 Å². The summed E-state index contributed by atoms with van der Waals surface area (Å²) in [5.41, 5.74) is 1.26. The molecule has 0 saturated heterocycles. The summed E-state index contributed by atoms with van der Waals surface area (Å²) in [6, 6.07) is 11.2. The number of carbonyl (C=O) groups is 1. The van der Waals surface area contributed by atoms with E-state index in [1.165, 1.54) is 6.20 Å². The second kappa shape index (κ2) is 6.70. The molecule has 6 heteroatoms. The molecule has 0 aliphatic rings. The van der Waals surface area contributed by atoms with E-state index in [2.05, 4.69) is 10.3 Å². The minimum absolute atomic E-state index is 0.158. The molecule has 5 nitrogen and oxygen atoms in total. The van der Waals surface area contributed by atoms with E-state index in [9.17, 15) is 13.2 Å². The predicted molar refractivity (Wildman–Crippen MR) is 84.4 cm³/mol. The summed E-state index contributed by atoms with van der Waals surface area (Å²) in [4.78, 5) is 16.1. The van der Waals surface area contributed by atoms with Crippen molar-refractivity contribution in [3.05, 3.63) is 59.9 Å². The molecule has 1 aromatic carbocycles. The Labute approximate surface area is 130 Å². The maximum atomic E-state index is 12.3. The molecule has 0 bridgehead atoms. The minimum Gasteiger partial charge on any atom is -0.347 e. The van der Waals surface area contributed by atoms with Crippen molar-refractivity contribution in [1.82, 2.24) is 10.3 Å². The average molecular weight is 318 g/mol. The Bertz CT molecular complexity index is 741. The number of rotatable bonds is 5. The van der Waals surface area contributed by atoms with Crippen LogP contribution in [-0.4, -0.2) is 31.1 Å². The van der Waals surface area contributed by atoms with E-state index in [4.69, 9.17) is 0 Å². The maximum Gasteiger partial charge on any atom is 0.270 e. The number of amides is 1. The third-order valence-electron chi connectivity index (χ3n) is 3.12. The topological polar surface area (TPSA) is 76.1 Å². The molecule has 1 atom stereocenters. The lowest BCUT2D eigenvalue weighted by molar-refractivity contribution is 0.0938. The first-order valence-corrected chi connectivity index (χ1v) is 8.55. The van der Waals surface area contributed by atoms with Gasteiger partial charge in [0.2, 0.25) is 0 Å². The van der Waals surface area contributed by atoms with Gasteiger partial charge in [0.25, 0.3) is 5.91 Å². The fourth-order valence-electron chi connectivity index (χ4n) is 2.01. The van der Waals surface area contributed by atoms with Crippen LogP contribution in [0.3, 0.4) is 0 Å². The molecule has 2 rings (SSSR count). The molecule has 22 heavy (non-hydrogen) atoms. The quantitative estimate of drug-likeness (QED) is 0.914. The SMILES string of the molecule is Cc1ccc(S(=O)(=O)C[C@@H](C)NC(=O)c2ccccn2)cc1. The van der Waals surface area contributed by atoms with E-state index in [0.717, 1.165) is 5.56 Å². The van der Waals surface area contributed by atoms with E-state index in [0.29, 0.717) is 0 Å². The molecular weight excluding hydrogens is 300 g/mol. The summed E-state index contributed by atoms with van der Waals surface area (Å²) in [5, 5.41) is 2.65. The fraction of sp³-hybridized carbons (Fsp3) is 0.250. The summed E-state index contributed by atoms with van der Waals surface area (Å²) in [6.07, 6.45) is 1.52. The van der Waals surface area contributed by atoms with Crippen molar-refractivity contribution in [2.24, 2.45) is 0 Å². The fourth-order valence-corrected chi connectivity index (χ4v) is 3.49. The highest BCUT2D eigenvalue weighted by Crippen LogP contribution is 2.13. The number of nitrogens with zero attached hydrogens (tertiary/aromatic N) is 1. The van der Waals surface area contributed by atoms with Crippen LogP contribution in [0.15, 0.2) is 53.6 Å². The lowest BCUT2D eigenvalue weighted by Gasteiger charge is -2.14. The maximum absolute atomic E-state index is 12.3. The van der Waals surface area contributed by atoms with Crippen molar-refractivity contribution in [2.75, 3.05) is 5.75 Å². The summed E-state index contributed by atoms with van der Waals surface area (Å²) in [7, 11) is -3.44. The number of aromatic nitrogens is 1. The zero-order valence-electron chi connectivity index (χ0n) is 12.5. The van der Waals surface area contributed by atoms with Crippen LogP contribution >= 0.6 is 0 Å². The van der Waals surface area contributed by atoms with Gasteiger partial charge in [0.1, 0.15) is 5.69 Å². The molecule has 1 aromatic heterocycles.